The van der Waals surface area contributed by atoms with Gasteiger partial charge in [-0.1, -0.05) is 0 Å². The summed E-state index contributed by atoms with van der Waals surface area (Å²) >= 11 is 0. The first-order valence-electron chi connectivity index (χ1n) is 5.35. The third-order valence-electron chi connectivity index (χ3n) is 2.57. The second-order valence-corrected chi connectivity index (χ2v) is 4.04. The number of anilines is 2. The minimum Gasteiger partial charge on any atom is -0.389 e. The lowest BCUT2D eigenvalue weighted by atomic mass is 10.3. The fourth-order valence-electron chi connectivity index (χ4n) is 1.65. The van der Waals surface area contributed by atoms with Crippen molar-refractivity contribution in [2.45, 2.75) is 6.10 Å². The summed E-state index contributed by atoms with van der Waals surface area (Å²) in [6.45, 7) is 0.313. The number of aliphatic hydroxyl groups is 1. The van der Waals surface area contributed by atoms with Gasteiger partial charge in [0.1, 0.15) is 11.5 Å². The van der Waals surface area contributed by atoms with Crippen LogP contribution in [0, 0.1) is 0 Å². The number of nitrogens with one attached hydrogen (secondary N) is 1. The fourth-order valence-corrected chi connectivity index (χ4v) is 1.65. The lowest BCUT2D eigenvalue weighted by molar-refractivity contribution is 0.0695. The zero-order chi connectivity index (χ0) is 13.9. The van der Waals surface area contributed by atoms with Crippen molar-refractivity contribution in [1.29, 1.82) is 0 Å². The van der Waals surface area contributed by atoms with Gasteiger partial charge in [-0.25, -0.2) is 4.79 Å². The largest absolute Gasteiger partial charge is 0.389 e. The van der Waals surface area contributed by atoms with Gasteiger partial charge in [-0.15, -0.1) is 0 Å². The molecule has 0 spiro atoms. The quantitative estimate of drug-likeness (QED) is 0.568. The molecule has 0 fully saturated rings. The number of hydrogen-bond donors (Lipinski definition) is 3. The molecule has 0 aromatic carbocycles. The van der Waals surface area contributed by atoms with Gasteiger partial charge in [0.2, 0.25) is 0 Å². The minimum absolute atomic E-state index is 0.0517. The molecule has 1 atom stereocenters. The molecule has 0 amide bonds. The second kappa shape index (κ2) is 5.69. The molecule has 0 bridgehead atoms. The number of aromatic nitrogens is 2. The highest BCUT2D eigenvalue weighted by Gasteiger charge is 2.16. The molecule has 4 N–H and O–H groups in total. The van der Waals surface area contributed by atoms with E-state index in [4.69, 9.17) is 10.5 Å². The van der Waals surface area contributed by atoms with Gasteiger partial charge >= 0.3 is 5.69 Å². The van der Waals surface area contributed by atoms with Crippen molar-refractivity contribution in [3.05, 3.63) is 20.8 Å². The number of H-pyrrole nitrogens is 1. The molecule has 0 aliphatic rings. The molecule has 18 heavy (non-hydrogen) atoms. The molecule has 0 aliphatic carbocycles. The molecule has 0 saturated heterocycles. The van der Waals surface area contributed by atoms with Crippen LogP contribution >= 0.6 is 0 Å². The molecular formula is C10H18N4O4. The van der Waals surface area contributed by atoms with Crippen molar-refractivity contribution < 1.29 is 9.84 Å². The molecule has 1 aromatic rings. The lowest BCUT2D eigenvalue weighted by Crippen LogP contribution is -2.39. The van der Waals surface area contributed by atoms with Crippen molar-refractivity contribution in [3.63, 3.8) is 0 Å². The molecule has 0 saturated carbocycles. The van der Waals surface area contributed by atoms with Crippen LogP contribution in [0.3, 0.4) is 0 Å². The van der Waals surface area contributed by atoms with Gasteiger partial charge in [-0.2, -0.15) is 0 Å². The number of nitrogen functional groups attached to an aromatic ring is 1. The second-order valence-electron chi connectivity index (χ2n) is 4.04. The minimum atomic E-state index is -0.754. The predicted molar refractivity (Wildman–Crippen MR) is 67.9 cm³/mol. The zero-order valence-electron chi connectivity index (χ0n) is 10.6. The van der Waals surface area contributed by atoms with Crippen molar-refractivity contribution in [2.75, 3.05) is 37.9 Å². The summed E-state index contributed by atoms with van der Waals surface area (Å²) in [5.74, 6) is 0.0517. The Bertz CT molecular complexity index is 522. The third-order valence-corrected chi connectivity index (χ3v) is 2.57. The normalized spacial score (nSPS) is 12.4. The number of nitrogens with two attached hydrogens (primary N) is 1. The SMILES string of the molecule is COCC(O)CN(C)c1c(N)n(C)c(=O)[nH]c1=O. The van der Waals surface area contributed by atoms with Crippen LogP contribution in [0.25, 0.3) is 0 Å². The van der Waals surface area contributed by atoms with E-state index in [2.05, 4.69) is 4.98 Å². The first-order chi connectivity index (χ1) is 8.38. The van der Waals surface area contributed by atoms with Crippen LogP contribution in [-0.4, -0.2) is 48.1 Å². The van der Waals surface area contributed by atoms with Crippen LogP contribution in [0.1, 0.15) is 0 Å². The average Bonchev–Trinajstić information content (AvgIpc) is 2.26. The van der Waals surface area contributed by atoms with Crippen molar-refractivity contribution >= 4 is 11.5 Å². The first kappa shape index (κ1) is 14.3. The molecule has 1 heterocycles. The van der Waals surface area contributed by atoms with E-state index in [-0.39, 0.29) is 24.7 Å². The highest BCUT2D eigenvalue weighted by atomic mass is 16.5. The number of hydrogen-bond acceptors (Lipinski definition) is 6. The monoisotopic (exact) mass is 258 g/mol. The Morgan fingerprint density at radius 3 is 2.72 bits per heavy atom. The van der Waals surface area contributed by atoms with E-state index < -0.39 is 17.4 Å². The van der Waals surface area contributed by atoms with Gasteiger partial charge < -0.3 is 20.5 Å². The van der Waals surface area contributed by atoms with Gasteiger partial charge in [0.25, 0.3) is 5.56 Å². The van der Waals surface area contributed by atoms with Crippen LogP contribution < -0.4 is 21.9 Å². The molecule has 8 nitrogen and oxygen atoms in total. The maximum atomic E-state index is 11.7. The van der Waals surface area contributed by atoms with E-state index in [1.54, 1.807) is 7.05 Å². The Morgan fingerprint density at radius 2 is 2.17 bits per heavy atom. The van der Waals surface area contributed by atoms with Gasteiger partial charge in [-0.05, 0) is 0 Å². The molecule has 8 heteroatoms. The molecule has 102 valence electrons. The van der Waals surface area contributed by atoms with Crippen LogP contribution in [0.5, 0.6) is 0 Å². The molecule has 1 rings (SSSR count). The number of rotatable bonds is 5. The Hall–Kier alpha value is -1.80. The van der Waals surface area contributed by atoms with E-state index >= 15 is 0 Å². The molecule has 0 aliphatic heterocycles. The zero-order valence-corrected chi connectivity index (χ0v) is 10.6. The van der Waals surface area contributed by atoms with Crippen LogP contribution in [-0.2, 0) is 11.8 Å². The number of methoxy groups -OCH3 is 1. The summed E-state index contributed by atoms with van der Waals surface area (Å²) in [4.78, 5) is 26.6. The van der Waals surface area contributed by atoms with Gasteiger partial charge in [0.05, 0.1) is 12.7 Å². The smallest absolute Gasteiger partial charge is 0.329 e. The Labute approximate surface area is 104 Å². The van der Waals surface area contributed by atoms with Crippen molar-refractivity contribution in [1.82, 2.24) is 9.55 Å². The fraction of sp³-hybridized carbons (Fsp3) is 0.600. The molecule has 1 unspecified atom stereocenters. The maximum absolute atomic E-state index is 11.7. The molecule has 1 aromatic heterocycles. The number of nitrogens with zero attached hydrogens (tertiary/aromatic N) is 2. The van der Waals surface area contributed by atoms with Gasteiger partial charge in [0.15, 0.2) is 0 Å². The van der Waals surface area contributed by atoms with Crippen molar-refractivity contribution in [2.24, 2.45) is 7.05 Å². The van der Waals surface area contributed by atoms with Gasteiger partial charge in [0, 0.05) is 27.7 Å². The van der Waals surface area contributed by atoms with Gasteiger partial charge in [-0.3, -0.25) is 14.3 Å². The van der Waals surface area contributed by atoms with Crippen LogP contribution in [0.2, 0.25) is 0 Å². The number of aliphatic hydroxyl groups excluding tert-OH is 1. The maximum Gasteiger partial charge on any atom is 0.329 e. The summed E-state index contributed by atoms with van der Waals surface area (Å²) < 4.78 is 5.93. The molecular weight excluding hydrogens is 240 g/mol. The highest BCUT2D eigenvalue weighted by Crippen LogP contribution is 2.13. The summed E-state index contributed by atoms with van der Waals surface area (Å²) in [6.07, 6.45) is -0.754. The van der Waals surface area contributed by atoms with E-state index in [1.807, 2.05) is 0 Å². The Kier molecular flexibility index (Phi) is 4.51. The molecule has 0 radical (unpaired) electrons. The first-order valence-corrected chi connectivity index (χ1v) is 5.35. The van der Waals surface area contributed by atoms with E-state index in [9.17, 15) is 14.7 Å². The number of aromatic amines is 1. The van der Waals surface area contributed by atoms with Crippen LogP contribution in [0.4, 0.5) is 11.5 Å². The topological polar surface area (TPSA) is 114 Å². The summed E-state index contributed by atoms with van der Waals surface area (Å²) in [6, 6.07) is 0. The lowest BCUT2D eigenvalue weighted by Gasteiger charge is -2.23. The number of ether oxygens (including phenoxy) is 1. The summed E-state index contributed by atoms with van der Waals surface area (Å²) in [5, 5.41) is 9.60. The van der Waals surface area contributed by atoms with Crippen molar-refractivity contribution in [3.8, 4) is 0 Å². The summed E-state index contributed by atoms with van der Waals surface area (Å²) in [5.41, 5.74) is 4.71. The highest BCUT2D eigenvalue weighted by molar-refractivity contribution is 5.61. The predicted octanol–water partition coefficient (Wildman–Crippen LogP) is -1.90. The Morgan fingerprint density at radius 1 is 1.56 bits per heavy atom. The Balaban J connectivity index is 3.07. The van der Waals surface area contributed by atoms with Crippen LogP contribution in [0.15, 0.2) is 9.59 Å². The number of likely N-dealkylation sites (N-methyl/N-ethyl adjacent to an activating group) is 1. The third kappa shape index (κ3) is 2.90. The van der Waals surface area contributed by atoms with E-state index in [0.717, 1.165) is 4.57 Å². The summed E-state index contributed by atoms with van der Waals surface area (Å²) in [7, 11) is 4.53. The van der Waals surface area contributed by atoms with E-state index in [0.29, 0.717) is 0 Å². The standard InChI is InChI=1S/C10H18N4O4/c1-13(4-6(15)5-18-3)7-8(11)14(2)10(17)12-9(7)16/h6,15H,4-5,11H2,1-3H3,(H,12,16,17). The average molecular weight is 258 g/mol. The van der Waals surface area contributed by atoms with E-state index in [1.165, 1.54) is 19.1 Å².